The standard InChI is InChI=1S/C9H10BrFN2O2/c1-5(14)3-13-9(15)6-2-8(10)12-4-7(6)11/h2,4-5,14H,3H2,1H3,(H,13,15). The fourth-order valence-electron chi connectivity index (χ4n) is 0.923. The maximum atomic E-state index is 13.1. The molecule has 0 fully saturated rings. The molecule has 1 heterocycles. The SMILES string of the molecule is CC(O)CNC(=O)c1cc(Br)ncc1F. The Hall–Kier alpha value is -1.01. The number of halogens is 2. The van der Waals surface area contributed by atoms with Crippen LogP contribution in [0.4, 0.5) is 4.39 Å². The van der Waals surface area contributed by atoms with Gasteiger partial charge in [0.05, 0.1) is 17.9 Å². The van der Waals surface area contributed by atoms with Gasteiger partial charge in [0.25, 0.3) is 5.91 Å². The van der Waals surface area contributed by atoms with Gasteiger partial charge >= 0.3 is 0 Å². The number of carbonyl (C=O) groups excluding carboxylic acids is 1. The minimum absolute atomic E-state index is 0.0816. The van der Waals surface area contributed by atoms with E-state index in [9.17, 15) is 9.18 Å². The molecule has 1 aromatic rings. The first-order valence-electron chi connectivity index (χ1n) is 4.28. The summed E-state index contributed by atoms with van der Waals surface area (Å²) in [5.74, 6) is -1.27. The van der Waals surface area contributed by atoms with Crippen LogP contribution in [0.2, 0.25) is 0 Å². The predicted octanol–water partition coefficient (Wildman–Crippen LogP) is 1.09. The van der Waals surface area contributed by atoms with Crippen LogP contribution in [0, 0.1) is 5.82 Å². The monoisotopic (exact) mass is 276 g/mol. The number of hydrogen-bond acceptors (Lipinski definition) is 3. The highest BCUT2D eigenvalue weighted by Gasteiger charge is 2.12. The molecule has 15 heavy (non-hydrogen) atoms. The second-order valence-corrected chi connectivity index (χ2v) is 3.86. The van der Waals surface area contributed by atoms with E-state index in [1.54, 1.807) is 0 Å². The molecule has 4 nitrogen and oxygen atoms in total. The number of pyridine rings is 1. The van der Waals surface area contributed by atoms with E-state index in [0.717, 1.165) is 6.20 Å². The first-order chi connectivity index (χ1) is 7.00. The number of carbonyl (C=O) groups is 1. The fourth-order valence-corrected chi connectivity index (χ4v) is 1.25. The van der Waals surface area contributed by atoms with Gasteiger partial charge in [-0.05, 0) is 28.9 Å². The van der Waals surface area contributed by atoms with Crippen molar-refractivity contribution in [2.24, 2.45) is 0 Å². The third-order valence-electron chi connectivity index (χ3n) is 1.62. The molecule has 0 saturated carbocycles. The summed E-state index contributed by atoms with van der Waals surface area (Å²) in [6.07, 6.45) is 0.295. The lowest BCUT2D eigenvalue weighted by Gasteiger charge is -2.07. The third kappa shape index (κ3) is 3.56. The Labute approximate surface area is 94.6 Å². The summed E-state index contributed by atoms with van der Waals surface area (Å²) >= 11 is 3.04. The molecule has 0 aliphatic rings. The van der Waals surface area contributed by atoms with E-state index in [0.29, 0.717) is 4.60 Å². The highest BCUT2D eigenvalue weighted by atomic mass is 79.9. The third-order valence-corrected chi connectivity index (χ3v) is 2.06. The lowest BCUT2D eigenvalue weighted by Crippen LogP contribution is -2.31. The summed E-state index contributed by atoms with van der Waals surface area (Å²) in [6.45, 7) is 1.61. The number of aliphatic hydroxyl groups is 1. The molecule has 0 aliphatic carbocycles. The molecule has 82 valence electrons. The first kappa shape index (κ1) is 12.1. The zero-order valence-corrected chi connectivity index (χ0v) is 9.58. The fraction of sp³-hybridized carbons (Fsp3) is 0.333. The molecule has 6 heteroatoms. The average Bonchev–Trinajstić information content (AvgIpc) is 2.18. The predicted molar refractivity (Wildman–Crippen MR) is 55.9 cm³/mol. The number of rotatable bonds is 3. The maximum Gasteiger partial charge on any atom is 0.254 e. The largest absolute Gasteiger partial charge is 0.392 e. The van der Waals surface area contributed by atoms with Crippen molar-refractivity contribution in [2.75, 3.05) is 6.54 Å². The van der Waals surface area contributed by atoms with Gasteiger partial charge in [-0.25, -0.2) is 9.37 Å². The van der Waals surface area contributed by atoms with Crippen LogP contribution in [0.25, 0.3) is 0 Å². The van der Waals surface area contributed by atoms with Gasteiger partial charge in [0, 0.05) is 6.54 Å². The van der Waals surface area contributed by atoms with Crippen molar-refractivity contribution < 1.29 is 14.3 Å². The van der Waals surface area contributed by atoms with Gasteiger partial charge in [0.2, 0.25) is 0 Å². The Morgan fingerprint density at radius 2 is 2.47 bits per heavy atom. The van der Waals surface area contributed by atoms with Crippen LogP contribution >= 0.6 is 15.9 Å². The van der Waals surface area contributed by atoms with Gasteiger partial charge in [-0.1, -0.05) is 0 Å². The molecule has 0 radical (unpaired) electrons. The Balaban J connectivity index is 2.77. The molecule has 0 spiro atoms. The molecule has 0 bridgehead atoms. The summed E-state index contributed by atoms with van der Waals surface area (Å²) in [7, 11) is 0. The van der Waals surface area contributed by atoms with Gasteiger partial charge in [0.1, 0.15) is 4.60 Å². The molecule has 0 aliphatic heterocycles. The Kier molecular flexibility index (Phi) is 4.16. The van der Waals surface area contributed by atoms with E-state index in [-0.39, 0.29) is 12.1 Å². The van der Waals surface area contributed by atoms with Gasteiger partial charge in [-0.15, -0.1) is 0 Å². The lowest BCUT2D eigenvalue weighted by molar-refractivity contribution is 0.0919. The minimum atomic E-state index is -0.693. The van der Waals surface area contributed by atoms with Crippen LogP contribution in [-0.2, 0) is 0 Å². The zero-order chi connectivity index (χ0) is 11.4. The van der Waals surface area contributed by atoms with Crippen LogP contribution in [0.1, 0.15) is 17.3 Å². The summed E-state index contributed by atoms with van der Waals surface area (Å²) in [4.78, 5) is 15.0. The zero-order valence-electron chi connectivity index (χ0n) is 8.00. The average molecular weight is 277 g/mol. The van der Waals surface area contributed by atoms with Crippen LogP contribution in [0.3, 0.4) is 0 Å². The van der Waals surface area contributed by atoms with Crippen molar-refractivity contribution in [1.29, 1.82) is 0 Å². The maximum absolute atomic E-state index is 13.1. The van der Waals surface area contributed by atoms with E-state index in [4.69, 9.17) is 5.11 Å². The number of nitrogens with one attached hydrogen (secondary N) is 1. The summed E-state index contributed by atoms with van der Waals surface area (Å²) in [6, 6.07) is 1.28. The molecule has 2 N–H and O–H groups in total. The van der Waals surface area contributed by atoms with E-state index >= 15 is 0 Å². The van der Waals surface area contributed by atoms with Gasteiger partial charge in [-0.2, -0.15) is 0 Å². The minimum Gasteiger partial charge on any atom is -0.392 e. The smallest absolute Gasteiger partial charge is 0.254 e. The van der Waals surface area contributed by atoms with Crippen molar-refractivity contribution in [3.05, 3.63) is 28.2 Å². The number of amides is 1. The molecule has 1 aromatic heterocycles. The second kappa shape index (κ2) is 5.18. The molecule has 1 atom stereocenters. The number of nitrogens with zero attached hydrogens (tertiary/aromatic N) is 1. The molecular weight excluding hydrogens is 267 g/mol. The first-order valence-corrected chi connectivity index (χ1v) is 5.07. The molecule has 1 rings (SSSR count). The Morgan fingerprint density at radius 3 is 3.07 bits per heavy atom. The van der Waals surface area contributed by atoms with E-state index in [2.05, 4.69) is 26.2 Å². The molecule has 0 aromatic carbocycles. The topological polar surface area (TPSA) is 62.2 Å². The molecule has 1 unspecified atom stereocenters. The van der Waals surface area contributed by atoms with Crippen molar-refractivity contribution in [3.8, 4) is 0 Å². The second-order valence-electron chi connectivity index (χ2n) is 3.05. The van der Waals surface area contributed by atoms with Crippen molar-refractivity contribution >= 4 is 21.8 Å². The highest BCUT2D eigenvalue weighted by molar-refractivity contribution is 9.10. The van der Waals surface area contributed by atoms with Crippen LogP contribution < -0.4 is 5.32 Å². The highest BCUT2D eigenvalue weighted by Crippen LogP contribution is 2.12. The van der Waals surface area contributed by atoms with Gasteiger partial charge in [0.15, 0.2) is 5.82 Å². The molecule has 0 saturated heterocycles. The summed E-state index contributed by atoms with van der Waals surface area (Å²) in [5.41, 5.74) is -0.0995. The number of aliphatic hydroxyl groups excluding tert-OH is 1. The Bertz CT molecular complexity index is 371. The van der Waals surface area contributed by atoms with Crippen LogP contribution in [0.5, 0.6) is 0 Å². The van der Waals surface area contributed by atoms with Crippen LogP contribution in [0.15, 0.2) is 16.9 Å². The van der Waals surface area contributed by atoms with E-state index in [1.165, 1.54) is 13.0 Å². The van der Waals surface area contributed by atoms with Gasteiger partial charge < -0.3 is 10.4 Å². The summed E-state index contributed by atoms with van der Waals surface area (Å²) < 4.78 is 13.5. The molecule has 1 amide bonds. The van der Waals surface area contributed by atoms with Crippen molar-refractivity contribution in [1.82, 2.24) is 10.3 Å². The van der Waals surface area contributed by atoms with Gasteiger partial charge in [-0.3, -0.25) is 4.79 Å². The summed E-state index contributed by atoms with van der Waals surface area (Å²) in [5, 5.41) is 11.3. The lowest BCUT2D eigenvalue weighted by atomic mass is 10.2. The van der Waals surface area contributed by atoms with Crippen molar-refractivity contribution in [2.45, 2.75) is 13.0 Å². The number of hydrogen-bond donors (Lipinski definition) is 2. The quantitative estimate of drug-likeness (QED) is 0.813. The van der Waals surface area contributed by atoms with E-state index < -0.39 is 17.8 Å². The molecular formula is C9H10BrFN2O2. The van der Waals surface area contributed by atoms with Crippen molar-refractivity contribution in [3.63, 3.8) is 0 Å². The van der Waals surface area contributed by atoms with E-state index in [1.807, 2.05) is 0 Å². The Morgan fingerprint density at radius 1 is 1.80 bits per heavy atom. The number of aromatic nitrogens is 1. The van der Waals surface area contributed by atoms with Crippen LogP contribution in [-0.4, -0.2) is 28.6 Å². The normalized spacial score (nSPS) is 12.3.